The summed E-state index contributed by atoms with van der Waals surface area (Å²) in [7, 11) is 0. The summed E-state index contributed by atoms with van der Waals surface area (Å²) in [5.41, 5.74) is 0.848. The summed E-state index contributed by atoms with van der Waals surface area (Å²) < 4.78 is 5.47. The van der Waals surface area contributed by atoms with Crippen molar-refractivity contribution in [2.75, 3.05) is 13.2 Å². The van der Waals surface area contributed by atoms with Crippen LogP contribution in [0.25, 0.3) is 0 Å². The topological polar surface area (TPSA) is 38.3 Å². The van der Waals surface area contributed by atoms with E-state index in [-0.39, 0.29) is 11.4 Å². The predicted octanol–water partition coefficient (Wildman–Crippen LogP) is 3.17. The van der Waals surface area contributed by atoms with Gasteiger partial charge in [0.1, 0.15) is 0 Å². The highest BCUT2D eigenvalue weighted by Crippen LogP contribution is 2.35. The number of carbonyl (C=O) groups is 1. The van der Waals surface area contributed by atoms with Crippen molar-refractivity contribution in [3.63, 3.8) is 0 Å². The highest BCUT2D eigenvalue weighted by Gasteiger charge is 2.36. The van der Waals surface area contributed by atoms with Crippen molar-refractivity contribution in [2.24, 2.45) is 0 Å². The van der Waals surface area contributed by atoms with E-state index in [2.05, 4.69) is 16.8 Å². The standard InChI is InChI=1S/C15H17NO2S2/c17-14(10-12-3-9-19-11-12)16-15(4-6-18-7-5-15)13-2-1-8-20-13/h1-3,8-9,11H,4-7,10H2,(H,16,17). The first-order valence-electron chi connectivity index (χ1n) is 6.72. The molecule has 20 heavy (non-hydrogen) atoms. The molecule has 3 rings (SSSR count). The quantitative estimate of drug-likeness (QED) is 0.942. The Hall–Kier alpha value is -1.17. The van der Waals surface area contributed by atoms with Gasteiger partial charge in [0, 0.05) is 18.1 Å². The molecule has 1 aliphatic heterocycles. The zero-order valence-corrected chi connectivity index (χ0v) is 12.8. The third-order valence-electron chi connectivity index (χ3n) is 3.66. The highest BCUT2D eigenvalue weighted by molar-refractivity contribution is 7.10. The Bertz CT molecular complexity index is 542. The molecule has 3 nitrogen and oxygen atoms in total. The number of hydrogen-bond acceptors (Lipinski definition) is 4. The molecule has 1 N–H and O–H groups in total. The number of hydrogen-bond donors (Lipinski definition) is 1. The van der Waals surface area contributed by atoms with Gasteiger partial charge < -0.3 is 10.1 Å². The first kappa shape index (κ1) is 13.8. The summed E-state index contributed by atoms with van der Waals surface area (Å²) in [4.78, 5) is 13.6. The molecule has 0 bridgehead atoms. The second-order valence-corrected chi connectivity index (χ2v) is 6.76. The maximum absolute atomic E-state index is 12.3. The Balaban J connectivity index is 1.75. The van der Waals surface area contributed by atoms with Crippen LogP contribution in [0.5, 0.6) is 0 Å². The van der Waals surface area contributed by atoms with E-state index in [0.29, 0.717) is 19.6 Å². The van der Waals surface area contributed by atoms with E-state index in [1.165, 1.54) is 4.88 Å². The fourth-order valence-electron chi connectivity index (χ4n) is 2.59. The summed E-state index contributed by atoms with van der Waals surface area (Å²) in [5.74, 6) is 0.0960. The summed E-state index contributed by atoms with van der Waals surface area (Å²) in [5, 5.41) is 9.37. The van der Waals surface area contributed by atoms with Gasteiger partial charge in [0.05, 0.1) is 12.0 Å². The van der Waals surface area contributed by atoms with Crippen LogP contribution < -0.4 is 5.32 Å². The minimum Gasteiger partial charge on any atom is -0.381 e. The van der Waals surface area contributed by atoms with Crippen LogP contribution in [0.1, 0.15) is 23.3 Å². The number of carbonyl (C=O) groups excluding carboxylic acids is 1. The zero-order chi connectivity index (χ0) is 13.8. The average molecular weight is 307 g/mol. The minimum absolute atomic E-state index is 0.0960. The van der Waals surface area contributed by atoms with Gasteiger partial charge in [-0.05, 0) is 46.7 Å². The fourth-order valence-corrected chi connectivity index (χ4v) is 4.20. The summed E-state index contributed by atoms with van der Waals surface area (Å²) in [6, 6.07) is 6.16. The molecule has 2 aromatic rings. The number of amides is 1. The molecular formula is C15H17NO2S2. The highest BCUT2D eigenvalue weighted by atomic mass is 32.1. The SMILES string of the molecule is O=C(Cc1ccsc1)NC1(c2cccs2)CCOCC1. The second kappa shape index (κ2) is 6.08. The maximum atomic E-state index is 12.3. The molecule has 2 aromatic heterocycles. The number of rotatable bonds is 4. The van der Waals surface area contributed by atoms with Crippen molar-refractivity contribution < 1.29 is 9.53 Å². The largest absolute Gasteiger partial charge is 0.381 e. The smallest absolute Gasteiger partial charge is 0.225 e. The normalized spacial score (nSPS) is 17.8. The Kier molecular flexibility index (Phi) is 4.19. The van der Waals surface area contributed by atoms with Crippen LogP contribution in [0.15, 0.2) is 34.3 Å². The molecule has 0 atom stereocenters. The average Bonchev–Trinajstić information content (AvgIpc) is 3.12. The second-order valence-electron chi connectivity index (χ2n) is 5.03. The summed E-state index contributed by atoms with van der Waals surface area (Å²) >= 11 is 3.34. The van der Waals surface area contributed by atoms with E-state index in [1.54, 1.807) is 22.7 Å². The van der Waals surface area contributed by atoms with Gasteiger partial charge in [-0.3, -0.25) is 4.79 Å². The van der Waals surface area contributed by atoms with Crippen LogP contribution in [-0.2, 0) is 21.5 Å². The van der Waals surface area contributed by atoms with Gasteiger partial charge >= 0.3 is 0 Å². The molecule has 0 saturated carbocycles. The van der Waals surface area contributed by atoms with Crippen LogP contribution in [0, 0.1) is 0 Å². The number of nitrogens with one attached hydrogen (secondary N) is 1. The molecule has 106 valence electrons. The van der Waals surface area contributed by atoms with Crippen molar-refractivity contribution >= 4 is 28.6 Å². The molecule has 1 saturated heterocycles. The molecule has 3 heterocycles. The van der Waals surface area contributed by atoms with Gasteiger partial charge in [-0.2, -0.15) is 11.3 Å². The number of thiophene rings is 2. The van der Waals surface area contributed by atoms with Gasteiger partial charge in [0.15, 0.2) is 0 Å². The van der Waals surface area contributed by atoms with Crippen LogP contribution in [-0.4, -0.2) is 19.1 Å². The van der Waals surface area contributed by atoms with Crippen molar-refractivity contribution in [2.45, 2.75) is 24.8 Å². The van der Waals surface area contributed by atoms with Gasteiger partial charge in [0.25, 0.3) is 0 Å². The minimum atomic E-state index is -0.237. The van der Waals surface area contributed by atoms with Gasteiger partial charge in [0.2, 0.25) is 5.91 Å². The van der Waals surface area contributed by atoms with E-state index in [0.717, 1.165) is 18.4 Å². The van der Waals surface area contributed by atoms with Crippen molar-refractivity contribution in [1.82, 2.24) is 5.32 Å². The number of ether oxygens (including phenoxy) is 1. The third kappa shape index (κ3) is 2.95. The first-order chi connectivity index (χ1) is 9.78. The predicted molar refractivity (Wildman–Crippen MR) is 82.2 cm³/mol. The van der Waals surface area contributed by atoms with Crippen LogP contribution in [0.3, 0.4) is 0 Å². The Morgan fingerprint density at radius 1 is 1.30 bits per heavy atom. The van der Waals surface area contributed by atoms with E-state index in [4.69, 9.17) is 4.74 Å². The first-order valence-corrected chi connectivity index (χ1v) is 8.55. The van der Waals surface area contributed by atoms with Crippen molar-refractivity contribution in [3.05, 3.63) is 44.8 Å². The fraction of sp³-hybridized carbons (Fsp3) is 0.400. The molecule has 0 aromatic carbocycles. The molecule has 1 aliphatic rings. The lowest BCUT2D eigenvalue weighted by Gasteiger charge is -2.37. The molecule has 1 amide bonds. The van der Waals surface area contributed by atoms with E-state index >= 15 is 0 Å². The van der Waals surface area contributed by atoms with Crippen molar-refractivity contribution in [3.8, 4) is 0 Å². The lowest BCUT2D eigenvalue weighted by Crippen LogP contribution is -2.49. The Labute approximate surface area is 126 Å². The molecule has 0 aliphatic carbocycles. The van der Waals surface area contributed by atoms with Crippen molar-refractivity contribution in [1.29, 1.82) is 0 Å². The van der Waals surface area contributed by atoms with Crippen LogP contribution in [0.4, 0.5) is 0 Å². The summed E-state index contributed by atoms with van der Waals surface area (Å²) in [6.45, 7) is 1.41. The zero-order valence-electron chi connectivity index (χ0n) is 11.1. The third-order valence-corrected chi connectivity index (χ3v) is 5.47. The van der Waals surface area contributed by atoms with E-state index in [9.17, 15) is 4.79 Å². The molecule has 5 heteroatoms. The molecular weight excluding hydrogens is 290 g/mol. The van der Waals surface area contributed by atoms with E-state index < -0.39 is 0 Å². The van der Waals surface area contributed by atoms with Gasteiger partial charge in [-0.1, -0.05) is 6.07 Å². The Morgan fingerprint density at radius 2 is 2.15 bits per heavy atom. The lowest BCUT2D eigenvalue weighted by molar-refractivity contribution is -0.123. The molecule has 0 unspecified atom stereocenters. The van der Waals surface area contributed by atoms with Gasteiger partial charge in [-0.25, -0.2) is 0 Å². The molecule has 0 spiro atoms. The van der Waals surface area contributed by atoms with Gasteiger partial charge in [-0.15, -0.1) is 11.3 Å². The molecule has 0 radical (unpaired) electrons. The summed E-state index contributed by atoms with van der Waals surface area (Å²) in [6.07, 6.45) is 2.16. The van der Waals surface area contributed by atoms with E-state index in [1.807, 2.05) is 22.9 Å². The maximum Gasteiger partial charge on any atom is 0.225 e. The van der Waals surface area contributed by atoms with Crippen LogP contribution in [0.2, 0.25) is 0 Å². The lowest BCUT2D eigenvalue weighted by atomic mass is 9.88. The monoisotopic (exact) mass is 307 g/mol. The Morgan fingerprint density at radius 3 is 2.80 bits per heavy atom. The molecule has 1 fully saturated rings. The van der Waals surface area contributed by atoms with Crippen LogP contribution >= 0.6 is 22.7 Å².